The number of nitrogens with zero attached hydrogens (tertiary/aromatic N) is 2. The molecule has 1 atom stereocenters. The summed E-state index contributed by atoms with van der Waals surface area (Å²) in [7, 11) is 3.30. The fourth-order valence-electron chi connectivity index (χ4n) is 2.67. The van der Waals surface area contributed by atoms with Crippen LogP contribution in [0.1, 0.15) is 18.9 Å². The van der Waals surface area contributed by atoms with Crippen molar-refractivity contribution < 1.29 is 14.4 Å². The van der Waals surface area contributed by atoms with Crippen LogP contribution in [-0.2, 0) is 14.4 Å². The van der Waals surface area contributed by atoms with E-state index < -0.39 is 0 Å². The van der Waals surface area contributed by atoms with Crippen molar-refractivity contribution in [2.75, 3.05) is 32.1 Å². The van der Waals surface area contributed by atoms with E-state index in [0.29, 0.717) is 12.1 Å². The molecule has 3 amide bonds. The molecule has 1 heterocycles. The van der Waals surface area contributed by atoms with Crippen molar-refractivity contribution in [3.63, 3.8) is 0 Å². The first-order chi connectivity index (χ1) is 12.0. The lowest BCUT2D eigenvalue weighted by Crippen LogP contribution is -2.45. The van der Waals surface area contributed by atoms with Gasteiger partial charge in [-0.2, -0.15) is 5.10 Å². The minimum atomic E-state index is -0.328. The molecule has 25 heavy (non-hydrogen) atoms. The van der Waals surface area contributed by atoms with E-state index in [1.807, 2.05) is 6.92 Å². The number of anilines is 1. The highest BCUT2D eigenvalue weighted by atomic mass is 16.2. The summed E-state index contributed by atoms with van der Waals surface area (Å²) in [6, 6.07) is 7.02. The maximum Gasteiger partial charge on any atom is 0.247 e. The van der Waals surface area contributed by atoms with E-state index in [-0.39, 0.29) is 36.7 Å². The topological polar surface area (TPSA) is 103 Å². The largest absolute Gasteiger partial charge is 0.311 e. The number of hydrazone groups is 1. The van der Waals surface area contributed by atoms with Gasteiger partial charge >= 0.3 is 0 Å². The molecule has 0 saturated carbocycles. The zero-order chi connectivity index (χ0) is 18.4. The van der Waals surface area contributed by atoms with Crippen molar-refractivity contribution >= 4 is 29.1 Å². The van der Waals surface area contributed by atoms with Crippen molar-refractivity contribution in [2.24, 2.45) is 11.0 Å². The molecule has 3 N–H and O–H groups in total. The third kappa shape index (κ3) is 4.49. The molecule has 1 aliphatic rings. The fraction of sp³-hybridized carbons (Fsp3) is 0.412. The van der Waals surface area contributed by atoms with Crippen LogP contribution >= 0.6 is 0 Å². The summed E-state index contributed by atoms with van der Waals surface area (Å²) in [5.74, 6) is -0.751. The Balaban J connectivity index is 2.27. The Bertz CT molecular complexity index is 666. The van der Waals surface area contributed by atoms with Crippen LogP contribution in [0.4, 0.5) is 5.69 Å². The van der Waals surface area contributed by atoms with Gasteiger partial charge in [-0.3, -0.25) is 14.4 Å². The lowest BCUT2D eigenvalue weighted by atomic mass is 9.94. The lowest BCUT2D eigenvalue weighted by molar-refractivity contribution is -0.125. The van der Waals surface area contributed by atoms with Crippen LogP contribution in [-0.4, -0.2) is 50.6 Å². The molecule has 0 radical (unpaired) electrons. The van der Waals surface area contributed by atoms with Gasteiger partial charge in [0.25, 0.3) is 0 Å². The summed E-state index contributed by atoms with van der Waals surface area (Å²) in [5.41, 5.74) is 4.60. The molecule has 134 valence electrons. The van der Waals surface area contributed by atoms with E-state index in [0.717, 1.165) is 16.2 Å². The number of hydrogen-bond acceptors (Lipinski definition) is 6. The van der Waals surface area contributed by atoms with E-state index in [1.165, 1.54) is 0 Å². The molecule has 0 bridgehead atoms. The molecule has 0 spiro atoms. The van der Waals surface area contributed by atoms with Crippen molar-refractivity contribution in [2.45, 2.75) is 13.3 Å². The molecular weight excluding hydrogens is 322 g/mol. The van der Waals surface area contributed by atoms with Crippen LogP contribution in [0.25, 0.3) is 0 Å². The summed E-state index contributed by atoms with van der Waals surface area (Å²) < 4.78 is 0. The van der Waals surface area contributed by atoms with Gasteiger partial charge in [0.05, 0.1) is 24.5 Å². The number of carbonyl (C=O) groups excluding carboxylic acids is 3. The van der Waals surface area contributed by atoms with E-state index in [9.17, 15) is 14.4 Å². The molecule has 2 rings (SSSR count). The number of hydrogen-bond donors (Lipinski definition) is 3. The predicted molar refractivity (Wildman–Crippen MR) is 95.2 cm³/mol. The van der Waals surface area contributed by atoms with Crippen LogP contribution in [0.15, 0.2) is 29.4 Å². The van der Waals surface area contributed by atoms with Crippen molar-refractivity contribution in [3.8, 4) is 0 Å². The molecule has 0 fully saturated rings. The summed E-state index contributed by atoms with van der Waals surface area (Å²) >= 11 is 0. The lowest BCUT2D eigenvalue weighted by Gasteiger charge is -2.22. The van der Waals surface area contributed by atoms with Crippen molar-refractivity contribution in [3.05, 3.63) is 29.8 Å². The van der Waals surface area contributed by atoms with E-state index in [1.54, 1.807) is 38.4 Å². The predicted octanol–water partition coefficient (Wildman–Crippen LogP) is -0.155. The number of nitrogens with one attached hydrogen (secondary N) is 3. The van der Waals surface area contributed by atoms with Gasteiger partial charge in [0.15, 0.2) is 0 Å². The Labute approximate surface area is 146 Å². The van der Waals surface area contributed by atoms with Gasteiger partial charge in [-0.05, 0) is 31.8 Å². The Morgan fingerprint density at radius 2 is 1.72 bits per heavy atom. The summed E-state index contributed by atoms with van der Waals surface area (Å²) in [4.78, 5) is 37.1. The average molecular weight is 345 g/mol. The first-order valence-electron chi connectivity index (χ1n) is 8.09. The smallest absolute Gasteiger partial charge is 0.247 e. The summed E-state index contributed by atoms with van der Waals surface area (Å²) in [5, 5.41) is 9.64. The molecule has 0 saturated heterocycles. The maximum atomic E-state index is 12.3. The molecule has 8 nitrogen and oxygen atoms in total. The second kappa shape index (κ2) is 8.50. The Morgan fingerprint density at radius 3 is 2.20 bits per heavy atom. The van der Waals surface area contributed by atoms with Gasteiger partial charge in [0, 0.05) is 12.3 Å². The summed E-state index contributed by atoms with van der Waals surface area (Å²) in [6.07, 6.45) is 0.383. The van der Waals surface area contributed by atoms with E-state index >= 15 is 0 Å². The van der Waals surface area contributed by atoms with Gasteiger partial charge in [-0.15, -0.1) is 0 Å². The molecule has 0 aromatic heterocycles. The third-order valence-electron chi connectivity index (χ3n) is 3.84. The van der Waals surface area contributed by atoms with Crippen molar-refractivity contribution in [1.82, 2.24) is 16.1 Å². The Morgan fingerprint density at radius 1 is 1.16 bits per heavy atom. The van der Waals surface area contributed by atoms with Gasteiger partial charge in [-0.1, -0.05) is 19.1 Å². The molecule has 1 aliphatic heterocycles. The monoisotopic (exact) mass is 345 g/mol. The minimum Gasteiger partial charge on any atom is -0.311 e. The number of amides is 3. The second-order valence-electron chi connectivity index (χ2n) is 5.87. The van der Waals surface area contributed by atoms with Crippen LogP contribution in [0.5, 0.6) is 0 Å². The SMILES string of the molecule is CNCC(=O)N(C(=O)CNC)c1ccc(C2=NNC(=O)CC2C)cc1. The maximum absolute atomic E-state index is 12.3. The van der Waals surface area contributed by atoms with Gasteiger partial charge in [0.2, 0.25) is 17.7 Å². The van der Waals surface area contributed by atoms with Crippen molar-refractivity contribution in [1.29, 1.82) is 0 Å². The molecular formula is C17H23N5O3. The zero-order valence-electron chi connectivity index (χ0n) is 14.6. The highest BCUT2D eigenvalue weighted by Crippen LogP contribution is 2.21. The quantitative estimate of drug-likeness (QED) is 0.665. The molecule has 0 aliphatic carbocycles. The summed E-state index contributed by atoms with van der Waals surface area (Å²) in [6.45, 7) is 2.06. The molecule has 1 aromatic rings. The number of likely N-dealkylation sites (N-methyl/N-ethyl adjacent to an activating group) is 2. The van der Waals surface area contributed by atoms with Gasteiger partial charge in [0.1, 0.15) is 0 Å². The van der Waals surface area contributed by atoms with Gasteiger partial charge in [-0.25, -0.2) is 10.3 Å². The highest BCUT2D eigenvalue weighted by Gasteiger charge is 2.24. The first kappa shape index (κ1) is 18.8. The highest BCUT2D eigenvalue weighted by molar-refractivity contribution is 6.16. The normalized spacial score (nSPS) is 16.8. The van der Waals surface area contributed by atoms with Gasteiger partial charge < -0.3 is 10.6 Å². The zero-order valence-corrected chi connectivity index (χ0v) is 14.6. The van der Waals surface area contributed by atoms with E-state index in [2.05, 4.69) is 21.2 Å². The molecule has 8 heteroatoms. The van der Waals surface area contributed by atoms with Crippen LogP contribution in [0, 0.1) is 5.92 Å². The number of carbonyl (C=O) groups is 3. The Hall–Kier alpha value is -2.58. The standard InChI is InChI=1S/C17H23N5O3/c1-11-8-14(23)20-21-17(11)12-4-6-13(7-5-12)22(15(24)9-18-2)16(25)10-19-3/h4-7,11,18-19H,8-10H2,1-3H3,(H,20,23). The average Bonchev–Trinajstić information content (AvgIpc) is 2.56. The first-order valence-corrected chi connectivity index (χ1v) is 8.09. The third-order valence-corrected chi connectivity index (χ3v) is 3.84. The second-order valence-corrected chi connectivity index (χ2v) is 5.87. The molecule has 1 unspecified atom stereocenters. The Kier molecular flexibility index (Phi) is 6.37. The number of benzene rings is 1. The number of rotatable bonds is 6. The van der Waals surface area contributed by atoms with Crippen LogP contribution < -0.4 is 21.0 Å². The number of imide groups is 1. The molecule has 1 aromatic carbocycles. The minimum absolute atomic E-state index is 0.00699. The van der Waals surface area contributed by atoms with E-state index in [4.69, 9.17) is 0 Å². The van der Waals surface area contributed by atoms with Crippen LogP contribution in [0.2, 0.25) is 0 Å². The van der Waals surface area contributed by atoms with Crippen LogP contribution in [0.3, 0.4) is 0 Å². The fourth-order valence-corrected chi connectivity index (χ4v) is 2.67.